The molecule has 1 aromatic carbocycles. The molecule has 1 fully saturated rings. The lowest BCUT2D eigenvalue weighted by atomic mass is 9.95. The molecule has 0 aliphatic carbocycles. The minimum atomic E-state index is 0.740. The highest BCUT2D eigenvalue weighted by Gasteiger charge is 2.18. The molecule has 2 heterocycles. The number of hydrogen-bond donors (Lipinski definition) is 2. The number of fused-ring (bicyclic) bond motifs is 1. The predicted molar refractivity (Wildman–Crippen MR) is 69.5 cm³/mol. The quantitative estimate of drug-likeness (QED) is 0.849. The first-order valence-corrected chi connectivity index (χ1v) is 6.22. The van der Waals surface area contributed by atoms with Crippen LogP contribution in [0.3, 0.4) is 0 Å². The summed E-state index contributed by atoms with van der Waals surface area (Å²) in [4.78, 5) is 3.26. The van der Waals surface area contributed by atoms with Crippen LogP contribution in [0.4, 0.5) is 0 Å². The molecule has 1 aromatic heterocycles. The Hall–Kier alpha value is -1.48. The maximum absolute atomic E-state index is 5.50. The Bertz CT molecular complexity index is 512. The van der Waals surface area contributed by atoms with Gasteiger partial charge in [0.05, 0.1) is 7.11 Å². The van der Waals surface area contributed by atoms with Crippen molar-refractivity contribution in [2.45, 2.75) is 12.8 Å². The van der Waals surface area contributed by atoms with Crippen LogP contribution in [0.2, 0.25) is 0 Å². The van der Waals surface area contributed by atoms with Crippen molar-refractivity contribution >= 4 is 10.9 Å². The highest BCUT2D eigenvalue weighted by atomic mass is 16.5. The molecular formula is C14H18N2O. The van der Waals surface area contributed by atoms with E-state index in [1.165, 1.54) is 22.9 Å². The number of hydrogen-bond acceptors (Lipinski definition) is 2. The van der Waals surface area contributed by atoms with E-state index in [1.807, 2.05) is 6.20 Å². The molecule has 0 bridgehead atoms. The average Bonchev–Trinajstić information content (AvgIpc) is 2.99. The zero-order valence-electron chi connectivity index (χ0n) is 10.1. The Kier molecular flexibility index (Phi) is 2.77. The van der Waals surface area contributed by atoms with E-state index in [-0.39, 0.29) is 0 Å². The van der Waals surface area contributed by atoms with Gasteiger partial charge in [0.2, 0.25) is 0 Å². The van der Waals surface area contributed by atoms with Crippen molar-refractivity contribution < 1.29 is 4.74 Å². The topological polar surface area (TPSA) is 37.0 Å². The molecule has 0 saturated carbocycles. The van der Waals surface area contributed by atoms with Crippen molar-refractivity contribution in [2.75, 3.05) is 20.2 Å². The third-order valence-electron chi connectivity index (χ3n) is 3.68. The highest BCUT2D eigenvalue weighted by Crippen LogP contribution is 2.30. The molecule has 90 valence electrons. The molecule has 17 heavy (non-hydrogen) atoms. The first-order valence-electron chi connectivity index (χ1n) is 6.22. The zero-order chi connectivity index (χ0) is 11.7. The van der Waals surface area contributed by atoms with Crippen LogP contribution in [0.25, 0.3) is 10.9 Å². The van der Waals surface area contributed by atoms with E-state index in [1.54, 1.807) is 7.11 Å². The minimum absolute atomic E-state index is 0.740. The van der Waals surface area contributed by atoms with Crippen LogP contribution in [-0.4, -0.2) is 25.2 Å². The van der Waals surface area contributed by atoms with Crippen molar-refractivity contribution in [2.24, 2.45) is 5.92 Å². The molecular weight excluding hydrogens is 212 g/mol. The smallest absolute Gasteiger partial charge is 0.122 e. The molecule has 0 spiro atoms. The number of aromatic amines is 1. The van der Waals surface area contributed by atoms with Crippen molar-refractivity contribution in [3.8, 4) is 5.75 Å². The van der Waals surface area contributed by atoms with Gasteiger partial charge in [-0.15, -0.1) is 0 Å². The molecule has 2 N–H and O–H groups in total. The van der Waals surface area contributed by atoms with E-state index in [0.29, 0.717) is 0 Å². The molecule has 1 aliphatic rings. The van der Waals surface area contributed by atoms with E-state index >= 15 is 0 Å². The fraction of sp³-hybridized carbons (Fsp3) is 0.429. The molecule has 1 saturated heterocycles. The summed E-state index contributed by atoms with van der Waals surface area (Å²) in [6.07, 6.45) is 4.37. The minimum Gasteiger partial charge on any atom is -0.496 e. The average molecular weight is 230 g/mol. The first-order chi connectivity index (χ1) is 8.38. The normalized spacial score (nSPS) is 19.9. The first kappa shape index (κ1) is 10.7. The van der Waals surface area contributed by atoms with Gasteiger partial charge in [-0.3, -0.25) is 0 Å². The third kappa shape index (κ3) is 1.91. The zero-order valence-corrected chi connectivity index (χ0v) is 10.1. The Morgan fingerprint density at radius 2 is 2.29 bits per heavy atom. The summed E-state index contributed by atoms with van der Waals surface area (Å²) in [5, 5.41) is 4.73. The Morgan fingerprint density at radius 1 is 1.35 bits per heavy atom. The molecule has 3 heteroatoms. The number of H-pyrrole nitrogens is 1. The number of rotatable bonds is 3. The van der Waals surface area contributed by atoms with Crippen LogP contribution in [-0.2, 0) is 6.42 Å². The van der Waals surface area contributed by atoms with E-state index in [4.69, 9.17) is 4.74 Å². The van der Waals surface area contributed by atoms with Crippen LogP contribution in [0.1, 0.15) is 12.0 Å². The lowest BCUT2D eigenvalue weighted by Gasteiger charge is -2.13. The summed E-state index contributed by atoms with van der Waals surface area (Å²) in [6.45, 7) is 2.28. The van der Waals surface area contributed by atoms with Gasteiger partial charge < -0.3 is 15.0 Å². The van der Waals surface area contributed by atoms with Gasteiger partial charge in [-0.05, 0) is 50.0 Å². The molecule has 0 amide bonds. The second-order valence-electron chi connectivity index (χ2n) is 4.75. The summed E-state index contributed by atoms with van der Waals surface area (Å²) < 4.78 is 5.50. The standard InChI is InChI=1S/C14H18N2O/c1-17-14-3-2-13-11(5-7-16-13)12(14)8-10-4-6-15-9-10/h2-3,5,7,10,15-16H,4,6,8-9H2,1H3. The van der Waals surface area contributed by atoms with Gasteiger partial charge in [0.15, 0.2) is 0 Å². The van der Waals surface area contributed by atoms with Crippen molar-refractivity contribution in [1.29, 1.82) is 0 Å². The summed E-state index contributed by atoms with van der Waals surface area (Å²) in [5.41, 5.74) is 2.55. The maximum atomic E-state index is 5.50. The van der Waals surface area contributed by atoms with Crippen LogP contribution in [0.15, 0.2) is 24.4 Å². The molecule has 0 radical (unpaired) electrons. The van der Waals surface area contributed by atoms with E-state index in [9.17, 15) is 0 Å². The van der Waals surface area contributed by atoms with Crippen molar-refractivity contribution in [1.82, 2.24) is 10.3 Å². The molecule has 1 atom stereocenters. The van der Waals surface area contributed by atoms with E-state index < -0.39 is 0 Å². The summed E-state index contributed by atoms with van der Waals surface area (Å²) >= 11 is 0. The monoisotopic (exact) mass is 230 g/mol. The number of benzene rings is 1. The van der Waals surface area contributed by atoms with Crippen LogP contribution in [0, 0.1) is 5.92 Å². The number of nitrogens with one attached hydrogen (secondary N) is 2. The summed E-state index contributed by atoms with van der Waals surface area (Å²) in [7, 11) is 1.75. The maximum Gasteiger partial charge on any atom is 0.122 e. The van der Waals surface area contributed by atoms with Gasteiger partial charge in [0.25, 0.3) is 0 Å². The number of aromatic nitrogens is 1. The van der Waals surface area contributed by atoms with E-state index in [2.05, 4.69) is 28.5 Å². The molecule has 1 aliphatic heterocycles. The Morgan fingerprint density at radius 3 is 3.06 bits per heavy atom. The van der Waals surface area contributed by atoms with Gasteiger partial charge in [-0.2, -0.15) is 0 Å². The SMILES string of the molecule is COc1ccc2[nH]ccc2c1CC1CCNC1. The highest BCUT2D eigenvalue weighted by molar-refractivity contribution is 5.85. The summed E-state index contributed by atoms with van der Waals surface area (Å²) in [5.74, 6) is 1.76. The lowest BCUT2D eigenvalue weighted by molar-refractivity contribution is 0.406. The van der Waals surface area contributed by atoms with Crippen molar-refractivity contribution in [3.05, 3.63) is 30.0 Å². The van der Waals surface area contributed by atoms with Crippen LogP contribution >= 0.6 is 0 Å². The fourth-order valence-electron chi connectivity index (χ4n) is 2.75. The third-order valence-corrected chi connectivity index (χ3v) is 3.68. The molecule has 3 rings (SSSR count). The largest absolute Gasteiger partial charge is 0.496 e. The Balaban J connectivity index is 2.01. The molecule has 1 unspecified atom stereocenters. The van der Waals surface area contributed by atoms with Gasteiger partial charge in [-0.25, -0.2) is 0 Å². The number of methoxy groups -OCH3 is 1. The van der Waals surface area contributed by atoms with Gasteiger partial charge in [0, 0.05) is 22.7 Å². The van der Waals surface area contributed by atoms with Gasteiger partial charge in [0.1, 0.15) is 5.75 Å². The molecule has 2 aromatic rings. The predicted octanol–water partition coefficient (Wildman–Crippen LogP) is 2.33. The van der Waals surface area contributed by atoms with Crippen LogP contribution in [0.5, 0.6) is 5.75 Å². The van der Waals surface area contributed by atoms with Gasteiger partial charge >= 0.3 is 0 Å². The van der Waals surface area contributed by atoms with Gasteiger partial charge in [-0.1, -0.05) is 0 Å². The fourth-order valence-corrected chi connectivity index (χ4v) is 2.75. The number of ether oxygens (including phenoxy) is 1. The van der Waals surface area contributed by atoms with Crippen molar-refractivity contribution in [3.63, 3.8) is 0 Å². The summed E-state index contributed by atoms with van der Waals surface area (Å²) in [6, 6.07) is 6.30. The second-order valence-corrected chi connectivity index (χ2v) is 4.75. The molecule has 3 nitrogen and oxygen atoms in total. The van der Waals surface area contributed by atoms with E-state index in [0.717, 1.165) is 31.2 Å². The Labute approximate surface area is 101 Å². The lowest BCUT2D eigenvalue weighted by Crippen LogP contribution is -2.11. The van der Waals surface area contributed by atoms with Crippen LogP contribution < -0.4 is 10.1 Å². The second kappa shape index (κ2) is 4.41.